The number of aliphatic carboxylic acids is 1. The first kappa shape index (κ1) is 17.8. The van der Waals surface area contributed by atoms with Gasteiger partial charge in [-0.3, -0.25) is 0 Å². The third-order valence-corrected chi connectivity index (χ3v) is 4.16. The topological polar surface area (TPSA) is 72.9 Å². The highest BCUT2D eigenvalue weighted by molar-refractivity contribution is 5.86. The van der Waals surface area contributed by atoms with E-state index in [-0.39, 0.29) is 6.03 Å². The number of hydrogen-bond donors (Lipinski definition) is 2. The third kappa shape index (κ3) is 5.19. The van der Waals surface area contributed by atoms with Crippen molar-refractivity contribution in [1.82, 2.24) is 15.1 Å². The molecule has 6 heteroatoms. The molecule has 0 radical (unpaired) electrons. The van der Waals surface area contributed by atoms with Gasteiger partial charge < -0.3 is 20.2 Å². The largest absolute Gasteiger partial charge is 0.480 e. The van der Waals surface area contributed by atoms with E-state index in [1.165, 1.54) is 0 Å². The first-order valence-electron chi connectivity index (χ1n) is 7.86. The van der Waals surface area contributed by atoms with Crippen LogP contribution in [-0.2, 0) is 4.79 Å². The number of carbonyl (C=O) groups excluding carboxylic acids is 1. The number of amides is 2. The van der Waals surface area contributed by atoms with Crippen LogP contribution in [0.5, 0.6) is 0 Å². The molecule has 0 bridgehead atoms. The molecule has 2 amide bonds. The Morgan fingerprint density at radius 2 is 1.76 bits per heavy atom. The minimum absolute atomic E-state index is 0.249. The Bertz CT molecular complexity index is 352. The van der Waals surface area contributed by atoms with E-state index in [2.05, 4.69) is 10.2 Å². The maximum absolute atomic E-state index is 12.4. The smallest absolute Gasteiger partial charge is 0.329 e. The van der Waals surface area contributed by atoms with E-state index in [4.69, 9.17) is 0 Å². The summed E-state index contributed by atoms with van der Waals surface area (Å²) in [5, 5.41) is 12.3. The number of urea groups is 1. The van der Waals surface area contributed by atoms with Gasteiger partial charge in [0.2, 0.25) is 0 Å². The molecule has 1 aliphatic rings. The van der Waals surface area contributed by atoms with E-state index in [0.717, 1.165) is 32.2 Å². The highest BCUT2D eigenvalue weighted by atomic mass is 16.4. The quantitative estimate of drug-likeness (QED) is 0.751. The third-order valence-electron chi connectivity index (χ3n) is 4.16. The molecule has 1 rings (SSSR count). The minimum Gasteiger partial charge on any atom is -0.480 e. The number of nitrogens with zero attached hydrogens (tertiary/aromatic N) is 2. The molecule has 0 saturated heterocycles. The number of rotatable bonds is 7. The molecule has 0 atom stereocenters. The van der Waals surface area contributed by atoms with Gasteiger partial charge in [-0.05, 0) is 46.8 Å². The average molecular weight is 299 g/mol. The molecule has 1 fully saturated rings. The predicted molar refractivity (Wildman–Crippen MR) is 82.4 cm³/mol. The number of nitrogens with one attached hydrogen (secondary N) is 1. The summed E-state index contributed by atoms with van der Waals surface area (Å²) in [5.41, 5.74) is -1.07. The van der Waals surface area contributed by atoms with Crippen LogP contribution in [0.2, 0.25) is 0 Å². The second-order valence-electron chi connectivity index (χ2n) is 6.11. The summed E-state index contributed by atoms with van der Waals surface area (Å²) in [7, 11) is 4.00. The van der Waals surface area contributed by atoms with Gasteiger partial charge in [0.25, 0.3) is 0 Å². The van der Waals surface area contributed by atoms with Crippen molar-refractivity contribution in [3.8, 4) is 0 Å². The Morgan fingerprint density at radius 1 is 1.14 bits per heavy atom. The van der Waals surface area contributed by atoms with Crippen molar-refractivity contribution >= 4 is 12.0 Å². The number of carboxylic acids is 1. The first-order valence-corrected chi connectivity index (χ1v) is 7.86. The number of carboxylic acid groups (broad SMARTS) is 1. The van der Waals surface area contributed by atoms with Gasteiger partial charge in [0.15, 0.2) is 0 Å². The Kier molecular flexibility index (Phi) is 6.95. The van der Waals surface area contributed by atoms with E-state index in [0.29, 0.717) is 25.9 Å². The van der Waals surface area contributed by atoms with Crippen molar-refractivity contribution in [3.63, 3.8) is 0 Å². The number of hydrogen-bond acceptors (Lipinski definition) is 3. The van der Waals surface area contributed by atoms with Crippen molar-refractivity contribution in [2.75, 3.05) is 33.7 Å². The van der Waals surface area contributed by atoms with E-state index >= 15 is 0 Å². The molecule has 122 valence electrons. The summed E-state index contributed by atoms with van der Waals surface area (Å²) in [5.74, 6) is -0.903. The Labute approximate surface area is 127 Å². The molecule has 0 aliphatic heterocycles. The normalized spacial score (nSPS) is 17.5. The zero-order valence-electron chi connectivity index (χ0n) is 13.5. The van der Waals surface area contributed by atoms with Crippen molar-refractivity contribution in [2.45, 2.75) is 51.0 Å². The highest BCUT2D eigenvalue weighted by Gasteiger charge is 2.41. The van der Waals surface area contributed by atoms with Gasteiger partial charge in [-0.1, -0.05) is 19.3 Å². The lowest BCUT2D eigenvalue weighted by atomic mass is 9.82. The van der Waals surface area contributed by atoms with Crippen molar-refractivity contribution < 1.29 is 14.7 Å². The van der Waals surface area contributed by atoms with Gasteiger partial charge in [-0.15, -0.1) is 0 Å². The monoisotopic (exact) mass is 299 g/mol. The summed E-state index contributed by atoms with van der Waals surface area (Å²) < 4.78 is 0. The number of carbonyl (C=O) groups is 2. The van der Waals surface area contributed by atoms with Crippen LogP contribution in [0.3, 0.4) is 0 Å². The fourth-order valence-corrected chi connectivity index (χ4v) is 2.81. The van der Waals surface area contributed by atoms with Gasteiger partial charge in [0.05, 0.1) is 0 Å². The zero-order valence-corrected chi connectivity index (χ0v) is 13.5. The van der Waals surface area contributed by atoms with E-state index < -0.39 is 11.5 Å². The predicted octanol–water partition coefficient (Wildman–Crippen LogP) is 1.76. The first-order chi connectivity index (χ1) is 9.91. The maximum Gasteiger partial charge on any atom is 0.329 e. The molecular weight excluding hydrogens is 270 g/mol. The standard InChI is InChI=1S/C15H29N3O3/c1-4-18(12-8-11-17(2)3)14(21)16-15(13(19)20)9-6-5-7-10-15/h4-12H2,1-3H3,(H,16,21)(H,19,20). The average Bonchev–Trinajstić information content (AvgIpc) is 2.44. The Morgan fingerprint density at radius 3 is 2.24 bits per heavy atom. The second-order valence-corrected chi connectivity index (χ2v) is 6.11. The summed E-state index contributed by atoms with van der Waals surface area (Å²) in [6.45, 7) is 4.07. The maximum atomic E-state index is 12.4. The van der Waals surface area contributed by atoms with Crippen LogP contribution in [0.25, 0.3) is 0 Å². The Hall–Kier alpha value is -1.30. The molecule has 2 N–H and O–H groups in total. The zero-order chi connectivity index (χ0) is 15.9. The van der Waals surface area contributed by atoms with Crippen LogP contribution in [0.4, 0.5) is 4.79 Å². The lowest BCUT2D eigenvalue weighted by Crippen LogP contribution is -2.58. The van der Waals surface area contributed by atoms with Crippen molar-refractivity contribution in [1.29, 1.82) is 0 Å². The van der Waals surface area contributed by atoms with Crippen LogP contribution < -0.4 is 5.32 Å². The van der Waals surface area contributed by atoms with Crippen LogP contribution >= 0.6 is 0 Å². The summed E-state index contributed by atoms with van der Waals surface area (Å²) in [4.78, 5) is 27.7. The molecule has 0 heterocycles. The highest BCUT2D eigenvalue weighted by Crippen LogP contribution is 2.28. The molecule has 21 heavy (non-hydrogen) atoms. The molecule has 0 aromatic rings. The summed E-state index contributed by atoms with van der Waals surface area (Å²) >= 11 is 0. The van der Waals surface area contributed by atoms with Crippen LogP contribution in [0.1, 0.15) is 45.4 Å². The van der Waals surface area contributed by atoms with Crippen LogP contribution in [0, 0.1) is 0 Å². The van der Waals surface area contributed by atoms with Gasteiger partial charge in [0, 0.05) is 13.1 Å². The lowest BCUT2D eigenvalue weighted by molar-refractivity contribution is -0.146. The fraction of sp³-hybridized carbons (Fsp3) is 0.867. The molecule has 0 spiro atoms. The summed E-state index contributed by atoms with van der Waals surface area (Å²) in [6.07, 6.45) is 4.71. The van der Waals surface area contributed by atoms with Gasteiger partial charge in [-0.25, -0.2) is 9.59 Å². The Balaban J connectivity index is 2.60. The molecule has 1 aliphatic carbocycles. The van der Waals surface area contributed by atoms with Gasteiger partial charge >= 0.3 is 12.0 Å². The molecule has 1 saturated carbocycles. The molecule has 6 nitrogen and oxygen atoms in total. The van der Waals surface area contributed by atoms with Gasteiger partial charge in [0.1, 0.15) is 5.54 Å². The van der Waals surface area contributed by atoms with E-state index in [1.807, 2.05) is 21.0 Å². The lowest BCUT2D eigenvalue weighted by Gasteiger charge is -2.36. The van der Waals surface area contributed by atoms with E-state index in [1.54, 1.807) is 4.90 Å². The van der Waals surface area contributed by atoms with Crippen LogP contribution in [0.15, 0.2) is 0 Å². The second kappa shape index (κ2) is 8.22. The molecule has 0 aromatic heterocycles. The molecular formula is C15H29N3O3. The molecule has 0 aromatic carbocycles. The van der Waals surface area contributed by atoms with E-state index in [9.17, 15) is 14.7 Å². The van der Waals surface area contributed by atoms with Crippen molar-refractivity contribution in [3.05, 3.63) is 0 Å². The van der Waals surface area contributed by atoms with Crippen molar-refractivity contribution in [2.24, 2.45) is 0 Å². The molecule has 0 unspecified atom stereocenters. The minimum atomic E-state index is -1.07. The fourth-order valence-electron chi connectivity index (χ4n) is 2.81. The van der Waals surface area contributed by atoms with Crippen LogP contribution in [-0.4, -0.2) is 66.2 Å². The SMILES string of the molecule is CCN(CCCN(C)C)C(=O)NC1(C(=O)O)CCCCC1. The summed E-state index contributed by atoms with van der Waals surface area (Å²) in [6, 6.07) is -0.249. The van der Waals surface area contributed by atoms with Gasteiger partial charge in [-0.2, -0.15) is 0 Å².